The molecule has 416 valence electrons. The Kier molecular flexibility index (Phi) is 21.3. The Hall–Kier alpha value is -3.93. The van der Waals surface area contributed by atoms with Crippen LogP contribution in [0.25, 0.3) is 0 Å². The molecule has 9 atom stereocenters. The van der Waals surface area contributed by atoms with Gasteiger partial charge in [-0.1, -0.05) is 261 Å². The Morgan fingerprint density at radius 2 is 0.762 bits per heavy atom. The molecule has 0 bridgehead atoms. The van der Waals surface area contributed by atoms with Gasteiger partial charge in [-0.15, -0.1) is 0 Å². The molecular weight excluding hydrogens is 1130 g/mol. The van der Waals surface area contributed by atoms with Crippen LogP contribution in [0, 0.1) is 0 Å². The Morgan fingerprint density at radius 3 is 1.12 bits per heavy atom. The third-order valence-electron chi connectivity index (χ3n) is 16.1. The monoisotopic (exact) mass is 1210 g/mol. The molecule has 3 heterocycles. The number of hydrogen-bond donors (Lipinski definition) is 1. The van der Waals surface area contributed by atoms with Crippen molar-refractivity contribution in [2.24, 2.45) is 0 Å². The Morgan fingerprint density at radius 1 is 0.463 bits per heavy atom. The van der Waals surface area contributed by atoms with Gasteiger partial charge in [-0.2, -0.15) is 8.42 Å². The third kappa shape index (κ3) is 14.7. The minimum Gasteiger partial charge on any atom is -0.388 e. The lowest BCUT2D eigenvalue weighted by atomic mass is 10.0. The first-order valence-corrected chi connectivity index (χ1v) is 40.3. The molecule has 3 fully saturated rings. The van der Waals surface area contributed by atoms with E-state index < -0.39 is 41.5 Å². The molecule has 13 heteroatoms. The molecule has 4 nitrogen and oxygen atoms in total. The Bertz CT molecular complexity index is 3410. The van der Waals surface area contributed by atoms with Crippen LogP contribution in [0.5, 0.6) is 0 Å². The van der Waals surface area contributed by atoms with Gasteiger partial charge < -0.3 is 5.11 Å². The van der Waals surface area contributed by atoms with E-state index in [1.54, 1.807) is 10.6 Å². The Labute approximate surface area is 495 Å². The van der Waals surface area contributed by atoms with Crippen molar-refractivity contribution < 1.29 is 17.7 Å². The van der Waals surface area contributed by atoms with Crippen LogP contribution in [0.4, 0.5) is 0 Å². The molecule has 80 heavy (non-hydrogen) atoms. The normalized spacial score (nSPS) is 23.8. The maximum atomic E-state index is 11.8. The molecule has 0 saturated carbocycles. The van der Waals surface area contributed by atoms with Crippen LogP contribution in [-0.4, -0.2) is 62.8 Å². The molecule has 1 N–H and O–H groups in total. The van der Waals surface area contributed by atoms with Gasteiger partial charge in [0.2, 0.25) is 0 Å². The van der Waals surface area contributed by atoms with E-state index in [0.717, 1.165) is 55.4 Å². The average Bonchev–Trinajstić information content (AvgIpc) is 4.31. The van der Waals surface area contributed by atoms with Crippen LogP contribution in [0.15, 0.2) is 243 Å². The molecular formula is C67H77BO4P4S4. The van der Waals surface area contributed by atoms with E-state index in [4.69, 9.17) is 39.6 Å². The molecule has 3 aliphatic heterocycles. The number of benzene rings is 8. The summed E-state index contributed by atoms with van der Waals surface area (Å²) >= 11 is 18.9. The maximum absolute atomic E-state index is 11.8. The zero-order valence-electron chi connectivity index (χ0n) is 45.1. The topological polar surface area (TPSA) is 63.6 Å². The van der Waals surface area contributed by atoms with Crippen molar-refractivity contribution in [2.75, 3.05) is 24.7 Å². The van der Waals surface area contributed by atoms with Crippen molar-refractivity contribution in [3.63, 3.8) is 0 Å². The first-order valence-electron chi connectivity index (χ1n) is 27.9. The van der Waals surface area contributed by atoms with Gasteiger partial charge in [0.1, 0.15) is 13.7 Å². The molecule has 6 unspecified atom stereocenters. The number of hydrogen-bond acceptors (Lipinski definition) is 7. The van der Waals surface area contributed by atoms with Crippen molar-refractivity contribution in [1.29, 1.82) is 0 Å². The number of rotatable bonds is 17. The molecule has 0 amide bonds. The van der Waals surface area contributed by atoms with Gasteiger partial charge in [0.05, 0.1) is 28.6 Å². The van der Waals surface area contributed by atoms with E-state index >= 15 is 0 Å². The summed E-state index contributed by atoms with van der Waals surface area (Å²) in [4.78, 5) is 0. The molecule has 3 aliphatic rings. The predicted octanol–water partition coefficient (Wildman–Crippen LogP) is 14.2. The summed E-state index contributed by atoms with van der Waals surface area (Å²) < 4.78 is 29.0. The summed E-state index contributed by atoms with van der Waals surface area (Å²) in [6.07, 6.45) is 13.5. The summed E-state index contributed by atoms with van der Waals surface area (Å²) in [5, 5.41) is 17.8. The van der Waals surface area contributed by atoms with E-state index in [2.05, 4.69) is 164 Å². The summed E-state index contributed by atoms with van der Waals surface area (Å²) in [5.74, 6) is 0. The maximum Gasteiger partial charge on any atom is 0.264 e. The molecule has 0 aromatic heterocycles. The lowest BCUT2D eigenvalue weighted by molar-refractivity contribution is 0.166. The second-order valence-electron chi connectivity index (χ2n) is 21.3. The minimum absolute atomic E-state index is 0.00721. The predicted molar refractivity (Wildman–Crippen MR) is 363 cm³/mol. The molecule has 0 aliphatic carbocycles. The fourth-order valence-corrected chi connectivity index (χ4v) is 30.5. The van der Waals surface area contributed by atoms with Crippen LogP contribution < -0.4 is 26.5 Å². The fourth-order valence-electron chi connectivity index (χ4n) is 12.2. The highest BCUT2D eigenvalue weighted by atomic mass is 32.4. The van der Waals surface area contributed by atoms with Crippen LogP contribution in [-0.2, 0) is 49.7 Å². The summed E-state index contributed by atoms with van der Waals surface area (Å²) in [5.41, 5.74) is 5.43. The highest BCUT2D eigenvalue weighted by Crippen LogP contribution is 2.69. The average molecular weight is 1210 g/mol. The molecule has 8 aromatic carbocycles. The van der Waals surface area contributed by atoms with Gasteiger partial charge in [0, 0.05) is 0 Å². The lowest BCUT2D eigenvalue weighted by Gasteiger charge is -2.40. The molecule has 11 rings (SSSR count). The van der Waals surface area contributed by atoms with E-state index in [1.807, 2.05) is 78.9 Å². The van der Waals surface area contributed by atoms with Crippen molar-refractivity contribution >= 4 is 105 Å². The van der Waals surface area contributed by atoms with E-state index in [0.29, 0.717) is 29.1 Å². The first-order chi connectivity index (χ1) is 38.7. The zero-order chi connectivity index (χ0) is 56.1. The summed E-state index contributed by atoms with van der Waals surface area (Å²) in [6.45, 7) is 0. The number of aliphatic hydroxyl groups is 1. The zero-order valence-corrected chi connectivity index (χ0v) is 52.0. The summed E-state index contributed by atoms with van der Waals surface area (Å²) in [6, 6.07) is 81.3. The lowest BCUT2D eigenvalue weighted by Crippen LogP contribution is -2.29. The van der Waals surface area contributed by atoms with Gasteiger partial charge in [-0.25, -0.2) is 0 Å². The van der Waals surface area contributed by atoms with Crippen molar-refractivity contribution in [2.45, 2.75) is 92.6 Å². The molecule has 0 radical (unpaired) electrons. The van der Waals surface area contributed by atoms with Crippen LogP contribution >= 0.6 is 25.3 Å². The van der Waals surface area contributed by atoms with Crippen LogP contribution in [0.2, 0.25) is 0 Å². The van der Waals surface area contributed by atoms with Crippen LogP contribution in [0.3, 0.4) is 0 Å². The smallest absolute Gasteiger partial charge is 0.264 e. The second kappa shape index (κ2) is 28.1. The van der Waals surface area contributed by atoms with Crippen molar-refractivity contribution in [3.8, 4) is 0 Å². The first kappa shape index (κ1) is 60.7. The quantitative estimate of drug-likeness (QED) is 0.0554. The number of aliphatic hydroxyl groups excluding tert-OH is 1. The minimum atomic E-state index is -3.54. The van der Waals surface area contributed by atoms with Crippen molar-refractivity contribution in [1.82, 2.24) is 0 Å². The van der Waals surface area contributed by atoms with Crippen LogP contribution in [0.1, 0.15) is 92.3 Å². The SMILES string of the molecule is CS(=O)(=O)O[C@@H](CC1CCCP1(=S)c1ccccc1)c1ccccc1.O[C@@H](CC1CCCP1(=S)c1ccccc1)c1ccccc1.[BH3-][P+](c1ccccc1)(c1ccccc1)[C@@H](CC1CCCP1(=S)c1ccccc1)c1ccccc1. The van der Waals surface area contributed by atoms with E-state index in [1.165, 1.54) is 53.3 Å². The molecule has 8 aromatic rings. The van der Waals surface area contributed by atoms with Gasteiger partial charge in [-0.05, 0) is 168 Å². The standard InChI is InChI=1S/C30H33BP2S.C19H23O3PS2.C18H21OPS/c31-33(27-18-9-3-10-19-27,28-20-11-4-12-21-28)30(25-14-5-1-6-15-25)24-29-22-13-23-32(29,34)26-16-7-2-8-17-26;1-25(20,21)22-19(16-9-4-2-5-10-16)15-18-13-8-14-23(18,24)17-11-6-3-7-12-17;19-18(15-8-3-1-4-9-15)14-17-12-7-13-20(17,21)16-10-5-2-6-11-16/h1-12,14-21,29-30H,13,22-24H2,31H3;2-7,9-12,18-19H,8,13-15H2,1H3;1-6,8-11,17-19H,7,12-14H2/t29?,30-,32?;18?,19-,23?;17?,18-,20?/m000/s1. The van der Waals surface area contributed by atoms with E-state index in [9.17, 15) is 13.5 Å². The fraction of sp³-hybridized carbons (Fsp3) is 0.284. The third-order valence-corrected chi connectivity index (χ3v) is 37.2. The molecule has 3 saturated heterocycles. The van der Waals surface area contributed by atoms with Gasteiger partial charge in [0.15, 0.2) is 0 Å². The van der Waals surface area contributed by atoms with Crippen molar-refractivity contribution in [3.05, 3.63) is 259 Å². The van der Waals surface area contributed by atoms with Gasteiger partial charge in [-0.3, -0.25) is 4.18 Å². The summed E-state index contributed by atoms with van der Waals surface area (Å²) in [7, 11) is -5.03. The highest BCUT2D eigenvalue weighted by molar-refractivity contribution is 8.19. The second-order valence-corrected chi connectivity index (χ2v) is 41.0. The van der Waals surface area contributed by atoms with Gasteiger partial charge in [0.25, 0.3) is 10.1 Å². The van der Waals surface area contributed by atoms with Gasteiger partial charge >= 0.3 is 0 Å². The highest BCUT2D eigenvalue weighted by Gasteiger charge is 2.45. The molecule has 0 spiro atoms. The Balaban J connectivity index is 0.000000150. The largest absolute Gasteiger partial charge is 0.388 e. The van der Waals surface area contributed by atoms with E-state index in [-0.39, 0.29) is 13.7 Å².